The van der Waals surface area contributed by atoms with Crippen LogP contribution in [-0.4, -0.2) is 81.2 Å². The Morgan fingerprint density at radius 1 is 1.32 bits per heavy atom. The third-order valence-corrected chi connectivity index (χ3v) is 7.76. The molecule has 1 saturated heterocycles. The molecule has 18 heteroatoms. The van der Waals surface area contributed by atoms with E-state index < -0.39 is 56.9 Å². The molecule has 0 amide bonds. The molecule has 1 fully saturated rings. The number of carbonyl (C=O) groups is 1. The number of nitrogens with two attached hydrogens (primary N) is 1. The zero-order valence-corrected chi connectivity index (χ0v) is 23.0. The van der Waals surface area contributed by atoms with Gasteiger partial charge in [-0.25, -0.2) is 22.7 Å². The van der Waals surface area contributed by atoms with Gasteiger partial charge in [0.05, 0.1) is 19.5 Å². The molecule has 0 bridgehead atoms. The molecule has 0 unspecified atom stereocenters. The van der Waals surface area contributed by atoms with Crippen LogP contribution in [-0.2, 0) is 23.4 Å². The Morgan fingerprint density at radius 2 is 2.02 bits per heavy atom. The van der Waals surface area contributed by atoms with Crippen molar-refractivity contribution in [1.29, 1.82) is 0 Å². The summed E-state index contributed by atoms with van der Waals surface area (Å²) in [6.07, 6.45) is -9.17. The van der Waals surface area contributed by atoms with E-state index in [1.807, 2.05) is 0 Å². The summed E-state index contributed by atoms with van der Waals surface area (Å²) in [5.74, 6) is -0.823. The lowest BCUT2D eigenvalue weighted by Gasteiger charge is -2.28. The topological polar surface area (TPSA) is 185 Å². The van der Waals surface area contributed by atoms with Gasteiger partial charge >= 0.3 is 13.7 Å². The highest BCUT2D eigenvalue weighted by atomic mass is 31.2. The largest absolute Gasteiger partial charge is 0.465 e. The van der Waals surface area contributed by atoms with Crippen LogP contribution in [0, 0.1) is 0 Å². The second-order valence-corrected chi connectivity index (χ2v) is 10.6. The van der Waals surface area contributed by atoms with E-state index in [1.54, 1.807) is 25.1 Å². The van der Waals surface area contributed by atoms with E-state index in [4.69, 9.17) is 24.3 Å². The highest BCUT2D eigenvalue weighted by molar-refractivity contribution is 7.52. The molecule has 4 rings (SSSR count). The number of esters is 1. The summed E-state index contributed by atoms with van der Waals surface area (Å²) in [5, 5.41) is 15.8. The maximum absolute atomic E-state index is 16.0. The fourth-order valence-corrected chi connectivity index (χ4v) is 5.64. The number of aliphatic hydroxyl groups excluding tert-OH is 1. The molecule has 0 spiro atoms. The number of para-hydroxylation sites is 1. The number of aromatic nitrogens is 4. The molecular weight excluding hydrogens is 574 g/mol. The van der Waals surface area contributed by atoms with Crippen molar-refractivity contribution in [2.45, 2.75) is 50.4 Å². The van der Waals surface area contributed by atoms with Crippen LogP contribution in [0.25, 0.3) is 11.2 Å². The van der Waals surface area contributed by atoms with Gasteiger partial charge in [-0.2, -0.15) is 15.1 Å². The molecule has 6 atom stereocenters. The zero-order valence-electron chi connectivity index (χ0n) is 22.1. The molecule has 41 heavy (non-hydrogen) atoms. The van der Waals surface area contributed by atoms with Crippen molar-refractivity contribution in [3.63, 3.8) is 0 Å². The first-order valence-corrected chi connectivity index (χ1v) is 13.9. The average Bonchev–Trinajstić information content (AvgIpc) is 3.46. The number of hydrogen-bond donors (Lipinski definition) is 4. The van der Waals surface area contributed by atoms with Crippen molar-refractivity contribution in [3.05, 3.63) is 36.7 Å². The Hall–Kier alpha value is -3.50. The summed E-state index contributed by atoms with van der Waals surface area (Å²) < 4.78 is 80.2. The van der Waals surface area contributed by atoms with Gasteiger partial charge in [0.2, 0.25) is 11.6 Å². The van der Waals surface area contributed by atoms with Crippen LogP contribution in [0.15, 0.2) is 36.7 Å². The maximum atomic E-state index is 16.0. The monoisotopic (exact) mass is 603 g/mol. The minimum atomic E-state index is -4.47. The Bertz CT molecular complexity index is 1420. The van der Waals surface area contributed by atoms with Gasteiger partial charge < -0.3 is 30.2 Å². The number of benzene rings is 1. The van der Waals surface area contributed by atoms with Crippen molar-refractivity contribution in [3.8, 4) is 5.75 Å². The van der Waals surface area contributed by atoms with E-state index in [1.165, 1.54) is 26.1 Å². The van der Waals surface area contributed by atoms with Crippen molar-refractivity contribution in [2.75, 3.05) is 31.3 Å². The van der Waals surface area contributed by atoms with E-state index in [9.17, 15) is 23.2 Å². The summed E-state index contributed by atoms with van der Waals surface area (Å²) in [5.41, 5.74) is 1.95. The molecule has 0 saturated carbocycles. The maximum Gasteiger partial charge on any atom is 0.459 e. The Kier molecular flexibility index (Phi) is 9.03. The molecule has 0 radical (unpaired) electrons. The van der Waals surface area contributed by atoms with Crippen molar-refractivity contribution in [2.24, 2.45) is 0 Å². The quantitative estimate of drug-likeness (QED) is 0.175. The number of anilines is 2. The number of ether oxygens (including phenoxy) is 2. The summed E-state index contributed by atoms with van der Waals surface area (Å²) in [4.78, 5) is 24.1. The van der Waals surface area contributed by atoms with Crippen molar-refractivity contribution in [1.82, 2.24) is 24.6 Å². The lowest BCUT2D eigenvalue weighted by molar-refractivity contribution is -0.144. The molecule has 3 aromatic rings. The first-order valence-electron chi connectivity index (χ1n) is 12.4. The molecule has 14 nitrogen and oxygen atoms in total. The van der Waals surface area contributed by atoms with E-state index in [0.29, 0.717) is 0 Å². The van der Waals surface area contributed by atoms with Crippen LogP contribution < -0.4 is 20.7 Å². The van der Waals surface area contributed by atoms with Crippen molar-refractivity contribution < 1.29 is 46.2 Å². The highest BCUT2D eigenvalue weighted by Gasteiger charge is 2.64. The van der Waals surface area contributed by atoms with Crippen LogP contribution in [0.1, 0.15) is 20.1 Å². The van der Waals surface area contributed by atoms with Gasteiger partial charge in [-0.3, -0.25) is 13.9 Å². The fourth-order valence-electron chi connectivity index (χ4n) is 4.14. The van der Waals surface area contributed by atoms with Crippen LogP contribution in [0.4, 0.5) is 24.9 Å². The number of nitrogens with one attached hydrogen (secondary N) is 2. The first kappa shape index (κ1) is 30.5. The second kappa shape index (κ2) is 12.2. The molecule has 3 heterocycles. The summed E-state index contributed by atoms with van der Waals surface area (Å²) in [7, 11) is -2.96. The number of alkyl halides is 3. The Labute approximate surface area is 231 Å². The van der Waals surface area contributed by atoms with Crippen LogP contribution >= 0.6 is 7.75 Å². The Morgan fingerprint density at radius 3 is 2.66 bits per heavy atom. The van der Waals surface area contributed by atoms with Crippen LogP contribution in [0.2, 0.25) is 0 Å². The van der Waals surface area contributed by atoms with E-state index in [-0.39, 0.29) is 35.3 Å². The number of halogens is 3. The van der Waals surface area contributed by atoms with Crippen molar-refractivity contribution >= 4 is 36.6 Å². The summed E-state index contributed by atoms with van der Waals surface area (Å²) in [6.45, 7) is 2.06. The molecule has 5 N–H and O–H groups in total. The second-order valence-electron chi connectivity index (χ2n) is 8.90. The number of hydrogen-bond acceptors (Lipinski definition) is 12. The smallest absolute Gasteiger partial charge is 0.459 e. The standard InChI is InChI=1S/C23H29F3N7O7P/c1-4-37-19(35)12(2)32-41(36,40-13-8-6-5-7-9-13)38-10-14-16(34)23(26,20(24)25)21(39-14)33-11-29-15-17(28-3)30-22(27)31-18(15)33/h5-9,11-12,14,16,20-21,34H,4,10H2,1-3H3,(H,32,36)(H3,27,28,30,31)/t12-,14+,16+,21+,23-,41+/m0/s1. The molecule has 1 aliphatic rings. The average molecular weight is 603 g/mol. The third-order valence-electron chi connectivity index (χ3n) is 6.12. The zero-order chi connectivity index (χ0) is 29.9. The number of rotatable bonds is 12. The van der Waals surface area contributed by atoms with Gasteiger partial charge in [0.25, 0.3) is 6.43 Å². The van der Waals surface area contributed by atoms with Gasteiger partial charge in [0.15, 0.2) is 23.2 Å². The van der Waals surface area contributed by atoms with Gasteiger partial charge in [-0.15, -0.1) is 0 Å². The number of aliphatic hydroxyl groups is 1. The summed E-state index contributed by atoms with van der Waals surface area (Å²) in [6, 6.07) is 6.52. The normalized spacial score (nSPS) is 24.7. The lowest BCUT2D eigenvalue weighted by Crippen LogP contribution is -2.49. The molecule has 1 aromatic carbocycles. The fraction of sp³-hybridized carbons (Fsp3) is 0.478. The highest BCUT2D eigenvalue weighted by Crippen LogP contribution is 2.50. The number of fused-ring (bicyclic) bond motifs is 1. The molecular formula is C23H29F3N7O7P. The van der Waals surface area contributed by atoms with E-state index in [0.717, 1.165) is 10.9 Å². The molecule has 2 aromatic heterocycles. The predicted molar refractivity (Wildman–Crippen MR) is 139 cm³/mol. The molecule has 0 aliphatic carbocycles. The van der Waals surface area contributed by atoms with E-state index >= 15 is 4.39 Å². The van der Waals surface area contributed by atoms with E-state index in [2.05, 4.69) is 25.4 Å². The molecule has 1 aliphatic heterocycles. The summed E-state index contributed by atoms with van der Waals surface area (Å²) >= 11 is 0. The first-order chi connectivity index (χ1) is 19.4. The number of carbonyl (C=O) groups excluding carboxylic acids is 1. The third kappa shape index (κ3) is 6.08. The van der Waals surface area contributed by atoms with Crippen LogP contribution in [0.5, 0.6) is 5.75 Å². The predicted octanol–water partition coefficient (Wildman–Crippen LogP) is 2.43. The van der Waals surface area contributed by atoms with Gasteiger partial charge in [0.1, 0.15) is 24.0 Å². The minimum absolute atomic E-state index is 0.0422. The Balaban J connectivity index is 1.62. The lowest BCUT2D eigenvalue weighted by atomic mass is 9.96. The van der Waals surface area contributed by atoms with Gasteiger partial charge in [0, 0.05) is 7.05 Å². The number of nitrogens with zero attached hydrogens (tertiary/aromatic N) is 4. The van der Waals surface area contributed by atoms with Gasteiger partial charge in [-0.05, 0) is 26.0 Å². The van der Waals surface area contributed by atoms with Crippen LogP contribution in [0.3, 0.4) is 0 Å². The minimum Gasteiger partial charge on any atom is -0.465 e. The number of nitrogen functional groups attached to an aromatic ring is 1. The molecule has 224 valence electrons. The van der Waals surface area contributed by atoms with Gasteiger partial charge in [-0.1, -0.05) is 18.2 Å². The number of imidazole rings is 1. The SMILES string of the molecule is CCOC(=O)[C@H](C)N[P@@](=O)(OC[C@H]1O[C@@H](n2cnc3c(NC)nc(N)nc32)[C@@](F)(C(F)F)[C@@H]1O)Oc1ccccc1.